The van der Waals surface area contributed by atoms with Crippen molar-refractivity contribution in [3.8, 4) is 0 Å². The zero-order chi connectivity index (χ0) is 22.0. The van der Waals surface area contributed by atoms with Crippen molar-refractivity contribution in [1.82, 2.24) is 30.1 Å². The van der Waals surface area contributed by atoms with Gasteiger partial charge in [-0.25, -0.2) is 4.68 Å². The molecule has 3 aromatic rings. The zero-order valence-electron chi connectivity index (χ0n) is 18.6. The van der Waals surface area contributed by atoms with Gasteiger partial charge in [0.2, 0.25) is 0 Å². The minimum atomic E-state index is -0.101. The average molecular weight is 425 g/mol. The van der Waals surface area contributed by atoms with Gasteiger partial charge in [0, 0.05) is 24.2 Å². The van der Waals surface area contributed by atoms with E-state index >= 15 is 0 Å². The molecule has 1 aromatic carbocycles. The molecule has 8 nitrogen and oxygen atoms in total. The first kappa shape index (κ1) is 21.6. The molecule has 31 heavy (non-hydrogen) atoms. The summed E-state index contributed by atoms with van der Waals surface area (Å²) in [5, 5.41) is 23.5. The molecule has 0 spiro atoms. The Morgan fingerprint density at radius 1 is 1.26 bits per heavy atom. The van der Waals surface area contributed by atoms with Crippen LogP contribution < -0.4 is 5.56 Å². The molecular formula is C23H32N6O2. The monoisotopic (exact) mass is 424 g/mol. The number of aromatic amines is 1. The molecule has 2 aromatic heterocycles. The number of fused-ring (bicyclic) bond motifs is 1. The molecule has 4 rings (SSSR count). The number of aryl methyl sites for hydroxylation is 1. The summed E-state index contributed by atoms with van der Waals surface area (Å²) in [7, 11) is 0. The highest BCUT2D eigenvalue weighted by Crippen LogP contribution is 2.34. The van der Waals surface area contributed by atoms with E-state index in [0.29, 0.717) is 24.7 Å². The molecule has 1 aliphatic carbocycles. The Kier molecular flexibility index (Phi) is 6.48. The Labute approximate surface area is 182 Å². The van der Waals surface area contributed by atoms with E-state index in [2.05, 4.69) is 39.3 Å². The van der Waals surface area contributed by atoms with Crippen molar-refractivity contribution in [1.29, 1.82) is 0 Å². The summed E-state index contributed by atoms with van der Waals surface area (Å²) < 4.78 is 1.98. The molecule has 0 aliphatic heterocycles. The van der Waals surface area contributed by atoms with Crippen LogP contribution in [-0.4, -0.2) is 48.3 Å². The topological polar surface area (TPSA) is 99.9 Å². The van der Waals surface area contributed by atoms with Crippen LogP contribution >= 0.6 is 0 Å². The number of aliphatic hydroxyl groups is 1. The highest BCUT2D eigenvalue weighted by molar-refractivity contribution is 5.79. The summed E-state index contributed by atoms with van der Waals surface area (Å²) >= 11 is 0. The SMILES string of the molecule is Cc1ccc2cc(CN(CCO)[C@H](c3nnnn3C3CCCC3)C(C)C)c(=O)[nH]c2c1. The maximum atomic E-state index is 12.8. The van der Waals surface area contributed by atoms with Crippen LogP contribution in [0.5, 0.6) is 0 Å². The molecule has 0 amide bonds. The van der Waals surface area contributed by atoms with Crippen molar-refractivity contribution >= 4 is 10.9 Å². The summed E-state index contributed by atoms with van der Waals surface area (Å²) in [5.41, 5.74) is 2.53. The number of tetrazole rings is 1. The second-order valence-corrected chi connectivity index (χ2v) is 9.02. The van der Waals surface area contributed by atoms with Crippen LogP contribution in [0, 0.1) is 12.8 Å². The standard InChI is InChI=1S/C23H32N6O2/c1-15(2)21(22-25-26-27-29(22)19-6-4-5-7-19)28(10-11-30)14-18-13-17-9-8-16(3)12-20(17)24-23(18)31/h8-9,12-13,15,19,21,30H,4-7,10-11,14H2,1-3H3,(H,24,31)/t21-/m0/s1. The number of nitrogens with one attached hydrogen (secondary N) is 1. The minimum Gasteiger partial charge on any atom is -0.395 e. The first-order chi connectivity index (χ1) is 15.0. The van der Waals surface area contributed by atoms with Crippen LogP contribution in [0.1, 0.15) is 68.6 Å². The van der Waals surface area contributed by atoms with Gasteiger partial charge in [0.05, 0.1) is 18.7 Å². The van der Waals surface area contributed by atoms with Gasteiger partial charge in [-0.3, -0.25) is 9.69 Å². The lowest BCUT2D eigenvalue weighted by Gasteiger charge is -2.33. The van der Waals surface area contributed by atoms with Crippen molar-refractivity contribution in [2.75, 3.05) is 13.2 Å². The third-order valence-corrected chi connectivity index (χ3v) is 6.32. The number of pyridine rings is 1. The van der Waals surface area contributed by atoms with Crippen molar-refractivity contribution in [3.63, 3.8) is 0 Å². The largest absolute Gasteiger partial charge is 0.395 e. The van der Waals surface area contributed by atoms with E-state index in [-0.39, 0.29) is 24.1 Å². The molecule has 0 radical (unpaired) electrons. The van der Waals surface area contributed by atoms with Crippen LogP contribution in [0.25, 0.3) is 10.9 Å². The fourth-order valence-electron chi connectivity index (χ4n) is 4.83. The summed E-state index contributed by atoms with van der Waals surface area (Å²) in [5.74, 6) is 1.03. The highest BCUT2D eigenvalue weighted by Gasteiger charge is 2.32. The summed E-state index contributed by atoms with van der Waals surface area (Å²) in [4.78, 5) is 18.0. The Morgan fingerprint density at radius 3 is 2.74 bits per heavy atom. The van der Waals surface area contributed by atoms with Crippen LogP contribution in [0.3, 0.4) is 0 Å². The number of benzene rings is 1. The number of hydrogen-bond donors (Lipinski definition) is 2. The molecule has 2 N–H and O–H groups in total. The van der Waals surface area contributed by atoms with Gasteiger partial charge in [-0.1, -0.05) is 38.8 Å². The Morgan fingerprint density at radius 2 is 2.03 bits per heavy atom. The van der Waals surface area contributed by atoms with E-state index in [1.165, 1.54) is 12.8 Å². The average Bonchev–Trinajstić information content (AvgIpc) is 3.40. The second-order valence-electron chi connectivity index (χ2n) is 9.02. The van der Waals surface area contributed by atoms with E-state index in [0.717, 1.165) is 35.1 Å². The number of rotatable bonds is 8. The number of aliphatic hydroxyl groups excluding tert-OH is 1. The first-order valence-corrected chi connectivity index (χ1v) is 11.2. The molecule has 0 saturated heterocycles. The maximum Gasteiger partial charge on any atom is 0.252 e. The lowest BCUT2D eigenvalue weighted by Crippen LogP contribution is -2.37. The first-order valence-electron chi connectivity index (χ1n) is 11.2. The second kappa shape index (κ2) is 9.28. The van der Waals surface area contributed by atoms with Gasteiger partial charge in [0.25, 0.3) is 5.56 Å². The van der Waals surface area contributed by atoms with E-state index in [1.807, 2.05) is 35.9 Å². The van der Waals surface area contributed by atoms with E-state index in [9.17, 15) is 9.90 Å². The fraction of sp³-hybridized carbons (Fsp3) is 0.565. The molecule has 8 heteroatoms. The van der Waals surface area contributed by atoms with Crippen LogP contribution in [0.2, 0.25) is 0 Å². The molecule has 0 unspecified atom stereocenters. The molecule has 0 bridgehead atoms. The Balaban J connectivity index is 1.69. The van der Waals surface area contributed by atoms with Crippen molar-refractivity contribution < 1.29 is 5.11 Å². The van der Waals surface area contributed by atoms with Gasteiger partial charge in [0.1, 0.15) is 0 Å². The van der Waals surface area contributed by atoms with Gasteiger partial charge in [-0.15, -0.1) is 5.10 Å². The predicted molar refractivity (Wildman–Crippen MR) is 120 cm³/mol. The summed E-state index contributed by atoms with van der Waals surface area (Å²) in [6.07, 6.45) is 4.57. The lowest BCUT2D eigenvalue weighted by molar-refractivity contribution is 0.104. The summed E-state index contributed by atoms with van der Waals surface area (Å²) in [6.45, 7) is 7.13. The molecule has 1 fully saturated rings. The zero-order valence-corrected chi connectivity index (χ0v) is 18.6. The maximum absolute atomic E-state index is 12.8. The number of nitrogens with zero attached hydrogens (tertiary/aromatic N) is 5. The van der Waals surface area contributed by atoms with Crippen molar-refractivity contribution in [2.45, 2.75) is 65.1 Å². The minimum absolute atomic E-state index is 0.00110. The van der Waals surface area contributed by atoms with Crippen LogP contribution in [-0.2, 0) is 6.54 Å². The highest BCUT2D eigenvalue weighted by atomic mass is 16.3. The third kappa shape index (κ3) is 4.55. The number of aromatic nitrogens is 5. The van der Waals surface area contributed by atoms with Gasteiger partial charge < -0.3 is 10.1 Å². The fourth-order valence-corrected chi connectivity index (χ4v) is 4.83. The number of H-pyrrole nitrogens is 1. The third-order valence-electron chi connectivity index (χ3n) is 6.32. The lowest BCUT2D eigenvalue weighted by atomic mass is 10.00. The van der Waals surface area contributed by atoms with Crippen LogP contribution in [0.15, 0.2) is 29.1 Å². The van der Waals surface area contributed by atoms with E-state index < -0.39 is 0 Å². The molecule has 1 saturated carbocycles. The smallest absolute Gasteiger partial charge is 0.252 e. The molecular weight excluding hydrogens is 392 g/mol. The van der Waals surface area contributed by atoms with Gasteiger partial charge in [-0.2, -0.15) is 0 Å². The Hall–Kier alpha value is -2.58. The number of hydrogen-bond acceptors (Lipinski definition) is 6. The van der Waals surface area contributed by atoms with Crippen LogP contribution in [0.4, 0.5) is 0 Å². The molecule has 166 valence electrons. The van der Waals surface area contributed by atoms with Gasteiger partial charge in [-0.05, 0) is 59.2 Å². The Bertz CT molecular complexity index is 1080. The normalized spacial score (nSPS) is 16.1. The van der Waals surface area contributed by atoms with E-state index in [4.69, 9.17) is 0 Å². The molecule has 1 aliphatic rings. The van der Waals surface area contributed by atoms with Crippen molar-refractivity contribution in [2.24, 2.45) is 5.92 Å². The van der Waals surface area contributed by atoms with Crippen molar-refractivity contribution in [3.05, 3.63) is 51.6 Å². The molecule has 1 atom stereocenters. The quantitative estimate of drug-likeness (QED) is 0.576. The summed E-state index contributed by atoms with van der Waals surface area (Å²) in [6, 6.07) is 8.24. The predicted octanol–water partition coefficient (Wildman–Crippen LogP) is 3.13. The van der Waals surface area contributed by atoms with Gasteiger partial charge >= 0.3 is 0 Å². The molecule has 2 heterocycles. The van der Waals surface area contributed by atoms with E-state index in [1.54, 1.807) is 0 Å². The van der Waals surface area contributed by atoms with Gasteiger partial charge in [0.15, 0.2) is 5.82 Å².